The van der Waals surface area contributed by atoms with Gasteiger partial charge in [-0.05, 0) is 24.0 Å². The highest BCUT2D eigenvalue weighted by Gasteiger charge is 2.24. The number of fused-ring (bicyclic) bond motifs is 1. The monoisotopic (exact) mass is 232 g/mol. The lowest BCUT2D eigenvalue weighted by molar-refractivity contribution is 0.171. The van der Waals surface area contributed by atoms with Gasteiger partial charge in [0.1, 0.15) is 0 Å². The van der Waals surface area contributed by atoms with Crippen molar-refractivity contribution in [2.24, 2.45) is 0 Å². The summed E-state index contributed by atoms with van der Waals surface area (Å²) in [6, 6.07) is 9.22. The maximum absolute atomic E-state index is 9.52. The van der Waals surface area contributed by atoms with E-state index < -0.39 is 0 Å². The van der Waals surface area contributed by atoms with Crippen molar-refractivity contribution in [2.75, 3.05) is 19.6 Å². The molecule has 0 radical (unpaired) electrons. The molecule has 1 saturated heterocycles. The average Bonchev–Trinajstić information content (AvgIpc) is 2.75. The standard InChI is InChI=1S/C14H20N2O/c17-14-5-6-16(10-14)9-13-7-11-3-1-2-4-12(11)8-15-13/h1-4,13-15,17H,5-10H2/t13?,14-/m0/s1. The Balaban J connectivity index is 1.61. The number of likely N-dealkylation sites (tertiary alicyclic amines) is 1. The maximum Gasteiger partial charge on any atom is 0.0679 e. The summed E-state index contributed by atoms with van der Waals surface area (Å²) in [5.41, 5.74) is 2.92. The molecule has 1 aromatic carbocycles. The molecule has 0 saturated carbocycles. The Morgan fingerprint density at radius 2 is 2.12 bits per heavy atom. The molecule has 2 N–H and O–H groups in total. The van der Waals surface area contributed by atoms with Gasteiger partial charge in [-0.2, -0.15) is 0 Å². The first-order valence-corrected chi connectivity index (χ1v) is 6.52. The third-order valence-electron chi connectivity index (χ3n) is 3.89. The number of nitrogens with one attached hydrogen (secondary N) is 1. The molecule has 0 amide bonds. The van der Waals surface area contributed by atoms with E-state index in [1.807, 2.05) is 0 Å². The number of nitrogens with zero attached hydrogens (tertiary/aromatic N) is 1. The Morgan fingerprint density at radius 3 is 2.88 bits per heavy atom. The van der Waals surface area contributed by atoms with Gasteiger partial charge in [0.25, 0.3) is 0 Å². The van der Waals surface area contributed by atoms with E-state index in [0.29, 0.717) is 6.04 Å². The molecule has 1 aromatic rings. The fourth-order valence-corrected chi connectivity index (χ4v) is 2.94. The van der Waals surface area contributed by atoms with Crippen LogP contribution in [-0.4, -0.2) is 41.8 Å². The van der Waals surface area contributed by atoms with Crippen LogP contribution in [0.4, 0.5) is 0 Å². The SMILES string of the molecule is O[C@H]1CCN(CC2Cc3ccccc3CN2)C1. The predicted molar refractivity (Wildman–Crippen MR) is 67.8 cm³/mol. The molecule has 1 unspecified atom stereocenters. The van der Waals surface area contributed by atoms with E-state index in [1.165, 1.54) is 11.1 Å². The third kappa shape index (κ3) is 2.51. The summed E-state index contributed by atoms with van der Waals surface area (Å²) in [5, 5.41) is 13.1. The van der Waals surface area contributed by atoms with Gasteiger partial charge >= 0.3 is 0 Å². The van der Waals surface area contributed by atoms with Crippen molar-refractivity contribution in [1.82, 2.24) is 10.2 Å². The van der Waals surface area contributed by atoms with Gasteiger partial charge in [0.05, 0.1) is 6.10 Å². The zero-order valence-corrected chi connectivity index (χ0v) is 10.1. The Hall–Kier alpha value is -0.900. The second-order valence-electron chi connectivity index (χ2n) is 5.25. The van der Waals surface area contributed by atoms with E-state index in [-0.39, 0.29) is 6.10 Å². The van der Waals surface area contributed by atoms with Crippen molar-refractivity contribution in [3.8, 4) is 0 Å². The molecule has 1 fully saturated rings. The first kappa shape index (κ1) is 11.2. The van der Waals surface area contributed by atoms with Crippen LogP contribution >= 0.6 is 0 Å². The number of rotatable bonds is 2. The first-order valence-electron chi connectivity index (χ1n) is 6.52. The molecule has 17 heavy (non-hydrogen) atoms. The van der Waals surface area contributed by atoms with E-state index in [2.05, 4.69) is 34.5 Å². The highest BCUT2D eigenvalue weighted by molar-refractivity contribution is 5.29. The smallest absolute Gasteiger partial charge is 0.0679 e. The second kappa shape index (κ2) is 4.77. The normalized spacial score (nSPS) is 29.2. The highest BCUT2D eigenvalue weighted by Crippen LogP contribution is 2.18. The molecular weight excluding hydrogens is 212 g/mol. The minimum Gasteiger partial charge on any atom is -0.392 e. The Morgan fingerprint density at radius 1 is 1.29 bits per heavy atom. The Kier molecular flexibility index (Phi) is 3.14. The Labute approximate surface area is 102 Å². The third-order valence-corrected chi connectivity index (χ3v) is 3.89. The van der Waals surface area contributed by atoms with Crippen LogP contribution in [0.2, 0.25) is 0 Å². The molecule has 2 aliphatic heterocycles. The van der Waals surface area contributed by atoms with E-state index in [9.17, 15) is 5.11 Å². The van der Waals surface area contributed by atoms with Gasteiger partial charge < -0.3 is 10.4 Å². The lowest BCUT2D eigenvalue weighted by Gasteiger charge is -2.29. The van der Waals surface area contributed by atoms with Gasteiger partial charge in [-0.25, -0.2) is 0 Å². The zero-order valence-electron chi connectivity index (χ0n) is 10.1. The number of hydrogen-bond donors (Lipinski definition) is 2. The average molecular weight is 232 g/mol. The van der Waals surface area contributed by atoms with E-state index in [4.69, 9.17) is 0 Å². The lowest BCUT2D eigenvalue weighted by Crippen LogP contribution is -2.44. The van der Waals surface area contributed by atoms with Crippen molar-refractivity contribution in [2.45, 2.75) is 31.5 Å². The predicted octanol–water partition coefficient (Wildman–Crippen LogP) is 0.768. The number of aliphatic hydroxyl groups is 1. The van der Waals surface area contributed by atoms with Gasteiger partial charge in [-0.15, -0.1) is 0 Å². The van der Waals surface area contributed by atoms with Gasteiger partial charge in [-0.1, -0.05) is 24.3 Å². The van der Waals surface area contributed by atoms with Crippen LogP contribution in [0.15, 0.2) is 24.3 Å². The van der Waals surface area contributed by atoms with E-state index in [0.717, 1.165) is 39.0 Å². The molecule has 0 spiro atoms. The van der Waals surface area contributed by atoms with Crippen molar-refractivity contribution >= 4 is 0 Å². The van der Waals surface area contributed by atoms with Crippen molar-refractivity contribution in [3.63, 3.8) is 0 Å². The number of aliphatic hydroxyl groups excluding tert-OH is 1. The molecule has 92 valence electrons. The van der Waals surface area contributed by atoms with Crippen molar-refractivity contribution < 1.29 is 5.11 Å². The lowest BCUT2D eigenvalue weighted by atomic mass is 9.96. The Bertz CT molecular complexity index is 394. The van der Waals surface area contributed by atoms with Crippen molar-refractivity contribution in [3.05, 3.63) is 35.4 Å². The largest absolute Gasteiger partial charge is 0.392 e. The maximum atomic E-state index is 9.52. The van der Waals surface area contributed by atoms with Gasteiger partial charge in [0, 0.05) is 32.2 Å². The topological polar surface area (TPSA) is 35.5 Å². The van der Waals surface area contributed by atoms with Crippen molar-refractivity contribution in [1.29, 1.82) is 0 Å². The molecule has 0 aromatic heterocycles. The zero-order chi connectivity index (χ0) is 11.7. The summed E-state index contributed by atoms with van der Waals surface area (Å²) in [6.07, 6.45) is 1.94. The second-order valence-corrected chi connectivity index (χ2v) is 5.25. The van der Waals surface area contributed by atoms with Gasteiger partial charge in [0.15, 0.2) is 0 Å². The molecule has 0 bridgehead atoms. The fraction of sp³-hybridized carbons (Fsp3) is 0.571. The minimum absolute atomic E-state index is 0.106. The molecule has 2 aliphatic rings. The van der Waals surface area contributed by atoms with Crippen LogP contribution in [0, 0.1) is 0 Å². The molecule has 0 aliphatic carbocycles. The summed E-state index contributed by atoms with van der Waals surface area (Å²) in [4.78, 5) is 2.37. The summed E-state index contributed by atoms with van der Waals surface area (Å²) >= 11 is 0. The molecule has 2 heterocycles. The molecule has 3 heteroatoms. The quantitative estimate of drug-likeness (QED) is 0.790. The van der Waals surface area contributed by atoms with Crippen LogP contribution in [0.1, 0.15) is 17.5 Å². The molecule has 3 nitrogen and oxygen atoms in total. The summed E-state index contributed by atoms with van der Waals surface area (Å²) in [5.74, 6) is 0. The molecule has 2 atom stereocenters. The summed E-state index contributed by atoms with van der Waals surface area (Å²) in [7, 11) is 0. The fourth-order valence-electron chi connectivity index (χ4n) is 2.94. The summed E-state index contributed by atoms with van der Waals surface area (Å²) < 4.78 is 0. The van der Waals surface area contributed by atoms with Crippen LogP contribution < -0.4 is 5.32 Å². The van der Waals surface area contributed by atoms with Gasteiger partial charge in [-0.3, -0.25) is 4.90 Å². The minimum atomic E-state index is -0.106. The number of β-amino-alcohol motifs (C(OH)–C–C–N with tert-alkyl or cyclic N) is 1. The van der Waals surface area contributed by atoms with Crippen LogP contribution in [0.5, 0.6) is 0 Å². The summed E-state index contributed by atoms with van der Waals surface area (Å²) in [6.45, 7) is 3.93. The molecular formula is C14H20N2O. The highest BCUT2D eigenvalue weighted by atomic mass is 16.3. The van der Waals surface area contributed by atoms with Crippen LogP contribution in [0.25, 0.3) is 0 Å². The number of hydrogen-bond acceptors (Lipinski definition) is 3. The van der Waals surface area contributed by atoms with Crippen LogP contribution in [0.3, 0.4) is 0 Å². The first-order chi connectivity index (χ1) is 8.31. The van der Waals surface area contributed by atoms with Gasteiger partial charge in [0.2, 0.25) is 0 Å². The van der Waals surface area contributed by atoms with E-state index >= 15 is 0 Å². The van der Waals surface area contributed by atoms with E-state index in [1.54, 1.807) is 0 Å². The number of benzene rings is 1. The van der Waals surface area contributed by atoms with Crippen LogP contribution in [-0.2, 0) is 13.0 Å². The molecule has 3 rings (SSSR count).